The van der Waals surface area contributed by atoms with Crippen molar-refractivity contribution in [3.05, 3.63) is 42.0 Å². The topological polar surface area (TPSA) is 55.8 Å². The molecule has 104 valence electrons. The average Bonchev–Trinajstić information content (AvgIpc) is 2.39. The third-order valence-corrected chi connectivity index (χ3v) is 2.73. The highest BCUT2D eigenvalue weighted by Gasteiger charge is 2.10. The van der Waals surface area contributed by atoms with Crippen LogP contribution in [0.1, 0.15) is 18.9 Å². The Kier molecular flexibility index (Phi) is 6.09. The molecule has 1 aromatic carbocycles. The normalized spacial score (nSPS) is 11.9. The number of carboxylic acid groups (broad SMARTS) is 1. The summed E-state index contributed by atoms with van der Waals surface area (Å²) in [5.41, 5.74) is 1.28. The van der Waals surface area contributed by atoms with Crippen LogP contribution in [0.2, 0.25) is 0 Å². The lowest BCUT2D eigenvalue weighted by Crippen LogP contribution is -2.10. The number of hydrogen-bond donors (Lipinski definition) is 1. The van der Waals surface area contributed by atoms with Crippen LogP contribution in [0.3, 0.4) is 0 Å². The molecule has 0 unspecified atom stereocenters. The fourth-order valence-corrected chi connectivity index (χ4v) is 1.67. The summed E-state index contributed by atoms with van der Waals surface area (Å²) in [6.45, 7) is 6.48. The Labute approximate surface area is 113 Å². The molecule has 1 atom stereocenters. The smallest absolute Gasteiger partial charge is 0.330 e. The van der Waals surface area contributed by atoms with Crippen molar-refractivity contribution < 1.29 is 19.4 Å². The number of aliphatic carboxylic acids is 1. The van der Waals surface area contributed by atoms with Crippen LogP contribution >= 0.6 is 0 Å². The van der Waals surface area contributed by atoms with E-state index in [4.69, 9.17) is 14.6 Å². The molecule has 19 heavy (non-hydrogen) atoms. The zero-order valence-electron chi connectivity index (χ0n) is 11.4. The summed E-state index contributed by atoms with van der Waals surface area (Å²) in [7, 11) is 1.63. The summed E-state index contributed by atoms with van der Waals surface area (Å²) in [6, 6.07) is 7.65. The molecule has 4 nitrogen and oxygen atoms in total. The standard InChI is InChI=1S/C15H20O4/c1-11(8-12(2)15(16)17)9-19-10-13-4-6-14(18-3)7-5-13/h4-7,11H,2,8-10H2,1,3H3,(H,16,17)/t11-/m1/s1. The maximum Gasteiger partial charge on any atom is 0.330 e. The van der Waals surface area contributed by atoms with Crippen molar-refractivity contribution in [3.63, 3.8) is 0 Å². The molecule has 0 saturated carbocycles. The predicted molar refractivity (Wildman–Crippen MR) is 73.2 cm³/mol. The number of methoxy groups -OCH3 is 1. The zero-order valence-corrected chi connectivity index (χ0v) is 11.4. The highest BCUT2D eigenvalue weighted by Crippen LogP contribution is 2.14. The van der Waals surface area contributed by atoms with Crippen molar-refractivity contribution >= 4 is 5.97 Å². The van der Waals surface area contributed by atoms with E-state index in [0.29, 0.717) is 19.6 Å². The molecule has 0 fully saturated rings. The first-order valence-corrected chi connectivity index (χ1v) is 6.14. The molecule has 0 radical (unpaired) electrons. The lowest BCUT2D eigenvalue weighted by atomic mass is 10.0. The van der Waals surface area contributed by atoms with Gasteiger partial charge in [-0.15, -0.1) is 0 Å². The third kappa shape index (κ3) is 5.57. The molecule has 0 amide bonds. The molecule has 0 aromatic heterocycles. The van der Waals surface area contributed by atoms with Gasteiger partial charge in [-0.05, 0) is 30.0 Å². The Morgan fingerprint density at radius 1 is 1.37 bits per heavy atom. The Morgan fingerprint density at radius 2 is 2.00 bits per heavy atom. The van der Waals surface area contributed by atoms with Gasteiger partial charge in [0.1, 0.15) is 5.75 Å². The number of carbonyl (C=O) groups is 1. The summed E-state index contributed by atoms with van der Waals surface area (Å²) in [6.07, 6.45) is 0.442. The van der Waals surface area contributed by atoms with Crippen LogP contribution in [0.5, 0.6) is 5.75 Å². The fraction of sp³-hybridized carbons (Fsp3) is 0.400. The molecule has 0 saturated heterocycles. The zero-order chi connectivity index (χ0) is 14.3. The van der Waals surface area contributed by atoms with Crippen molar-refractivity contribution in [2.75, 3.05) is 13.7 Å². The van der Waals surface area contributed by atoms with E-state index in [1.807, 2.05) is 31.2 Å². The summed E-state index contributed by atoms with van der Waals surface area (Å²) >= 11 is 0. The Morgan fingerprint density at radius 3 is 2.53 bits per heavy atom. The largest absolute Gasteiger partial charge is 0.497 e. The van der Waals surface area contributed by atoms with Gasteiger partial charge in [0.2, 0.25) is 0 Å². The molecule has 0 aliphatic rings. The summed E-state index contributed by atoms with van der Waals surface area (Å²) < 4.78 is 10.6. The van der Waals surface area contributed by atoms with Crippen molar-refractivity contribution in [1.29, 1.82) is 0 Å². The monoisotopic (exact) mass is 264 g/mol. The van der Waals surface area contributed by atoms with Crippen LogP contribution < -0.4 is 4.74 Å². The van der Waals surface area contributed by atoms with Crippen molar-refractivity contribution in [2.24, 2.45) is 5.92 Å². The van der Waals surface area contributed by atoms with Crippen LogP contribution in [0.25, 0.3) is 0 Å². The van der Waals surface area contributed by atoms with Gasteiger partial charge >= 0.3 is 5.97 Å². The lowest BCUT2D eigenvalue weighted by molar-refractivity contribution is -0.132. The number of hydrogen-bond acceptors (Lipinski definition) is 3. The van der Waals surface area contributed by atoms with Gasteiger partial charge in [-0.3, -0.25) is 0 Å². The summed E-state index contributed by atoms with van der Waals surface area (Å²) in [5.74, 6) is 0.0127. The summed E-state index contributed by atoms with van der Waals surface area (Å²) in [5, 5.41) is 8.73. The fourth-order valence-electron chi connectivity index (χ4n) is 1.67. The highest BCUT2D eigenvalue weighted by molar-refractivity contribution is 5.85. The van der Waals surface area contributed by atoms with Gasteiger partial charge in [0.05, 0.1) is 13.7 Å². The van der Waals surface area contributed by atoms with E-state index in [1.165, 1.54) is 0 Å². The second-order valence-electron chi connectivity index (χ2n) is 4.58. The second-order valence-corrected chi connectivity index (χ2v) is 4.58. The first-order chi connectivity index (χ1) is 9.02. The number of rotatable bonds is 8. The van der Waals surface area contributed by atoms with Gasteiger partial charge in [-0.25, -0.2) is 4.79 Å². The van der Waals surface area contributed by atoms with E-state index < -0.39 is 5.97 Å². The molecule has 0 bridgehead atoms. The molecule has 0 aliphatic carbocycles. The van der Waals surface area contributed by atoms with Gasteiger partial charge in [-0.1, -0.05) is 25.6 Å². The van der Waals surface area contributed by atoms with Gasteiger partial charge in [0.15, 0.2) is 0 Å². The maximum absolute atomic E-state index is 10.6. The number of carboxylic acids is 1. The van der Waals surface area contributed by atoms with E-state index >= 15 is 0 Å². The van der Waals surface area contributed by atoms with Crippen molar-refractivity contribution in [1.82, 2.24) is 0 Å². The molecule has 1 N–H and O–H groups in total. The lowest BCUT2D eigenvalue weighted by Gasteiger charge is -2.12. The van der Waals surface area contributed by atoms with Gasteiger partial charge < -0.3 is 14.6 Å². The summed E-state index contributed by atoms with van der Waals surface area (Å²) in [4.78, 5) is 10.6. The average molecular weight is 264 g/mol. The quantitative estimate of drug-likeness (QED) is 0.733. The first kappa shape index (κ1) is 15.2. The molecular weight excluding hydrogens is 244 g/mol. The van der Waals surface area contributed by atoms with Crippen LogP contribution in [0.4, 0.5) is 0 Å². The molecule has 1 aromatic rings. The van der Waals surface area contributed by atoms with Gasteiger partial charge in [0.25, 0.3) is 0 Å². The van der Waals surface area contributed by atoms with Gasteiger partial charge in [0, 0.05) is 12.2 Å². The molecule has 0 heterocycles. The minimum Gasteiger partial charge on any atom is -0.497 e. The van der Waals surface area contributed by atoms with E-state index in [9.17, 15) is 4.79 Å². The Bertz CT molecular complexity index is 422. The van der Waals surface area contributed by atoms with Crippen LogP contribution in [-0.2, 0) is 16.1 Å². The Balaban J connectivity index is 2.29. The van der Waals surface area contributed by atoms with Crippen LogP contribution in [0, 0.1) is 5.92 Å². The third-order valence-electron chi connectivity index (χ3n) is 2.73. The number of benzene rings is 1. The predicted octanol–water partition coefficient (Wildman–Crippen LogP) is 2.88. The van der Waals surface area contributed by atoms with Crippen LogP contribution in [0.15, 0.2) is 36.4 Å². The molecule has 0 aliphatic heterocycles. The molecular formula is C15H20O4. The minimum absolute atomic E-state index is 0.141. The molecule has 1 rings (SSSR count). The Hall–Kier alpha value is -1.81. The first-order valence-electron chi connectivity index (χ1n) is 6.14. The van der Waals surface area contributed by atoms with Crippen LogP contribution in [-0.4, -0.2) is 24.8 Å². The van der Waals surface area contributed by atoms with E-state index in [0.717, 1.165) is 11.3 Å². The van der Waals surface area contributed by atoms with E-state index in [2.05, 4.69) is 6.58 Å². The number of ether oxygens (including phenoxy) is 2. The maximum atomic E-state index is 10.6. The molecule has 0 spiro atoms. The second kappa shape index (κ2) is 7.59. The molecule has 4 heteroatoms. The SMILES string of the molecule is C=C(C[C@@H](C)COCc1ccc(OC)cc1)C(=O)O. The van der Waals surface area contributed by atoms with Crippen molar-refractivity contribution in [3.8, 4) is 5.75 Å². The van der Waals surface area contributed by atoms with E-state index in [-0.39, 0.29) is 11.5 Å². The van der Waals surface area contributed by atoms with Gasteiger partial charge in [-0.2, -0.15) is 0 Å². The van der Waals surface area contributed by atoms with Crippen molar-refractivity contribution in [2.45, 2.75) is 20.0 Å². The van der Waals surface area contributed by atoms with E-state index in [1.54, 1.807) is 7.11 Å². The highest BCUT2D eigenvalue weighted by atomic mass is 16.5. The minimum atomic E-state index is -0.943.